The van der Waals surface area contributed by atoms with Crippen LogP contribution < -0.4 is 0 Å². The fourth-order valence-corrected chi connectivity index (χ4v) is 3.33. The monoisotopic (exact) mass is 292 g/mol. The standard InChI is InChI=1S/C13H24O5S/c1-9(2)8-13(5,10(3)4)12(14)18-11-6-7-17-19(11,15)16/h9-11H,6-8H2,1-5H3. The Labute approximate surface area is 115 Å². The van der Waals surface area contributed by atoms with Crippen molar-refractivity contribution in [2.75, 3.05) is 6.61 Å². The van der Waals surface area contributed by atoms with E-state index in [-0.39, 0.29) is 18.9 Å². The summed E-state index contributed by atoms with van der Waals surface area (Å²) in [5.74, 6) is -0.0425. The molecule has 0 spiro atoms. The van der Waals surface area contributed by atoms with Gasteiger partial charge in [-0.25, -0.2) is 0 Å². The van der Waals surface area contributed by atoms with Crippen LogP contribution in [0.2, 0.25) is 0 Å². The molecule has 6 heteroatoms. The fourth-order valence-electron chi connectivity index (χ4n) is 2.26. The Morgan fingerprint density at radius 3 is 2.32 bits per heavy atom. The number of carbonyl (C=O) groups excluding carboxylic acids is 1. The minimum Gasteiger partial charge on any atom is -0.443 e. The lowest BCUT2D eigenvalue weighted by molar-refractivity contribution is -0.160. The molecule has 1 aliphatic rings. The van der Waals surface area contributed by atoms with Crippen LogP contribution >= 0.6 is 0 Å². The molecule has 19 heavy (non-hydrogen) atoms. The van der Waals surface area contributed by atoms with Crippen molar-refractivity contribution < 1.29 is 22.1 Å². The number of rotatable bonds is 5. The molecule has 0 aromatic carbocycles. The molecule has 2 atom stereocenters. The number of hydrogen-bond acceptors (Lipinski definition) is 5. The second kappa shape index (κ2) is 5.79. The summed E-state index contributed by atoms with van der Waals surface area (Å²) >= 11 is 0. The molecule has 2 unspecified atom stereocenters. The topological polar surface area (TPSA) is 69.7 Å². The number of carbonyl (C=O) groups is 1. The summed E-state index contributed by atoms with van der Waals surface area (Å²) in [6.07, 6.45) is 0.876. The first-order valence-electron chi connectivity index (χ1n) is 6.69. The second-order valence-corrected chi connectivity index (χ2v) is 7.86. The van der Waals surface area contributed by atoms with Crippen LogP contribution in [0.25, 0.3) is 0 Å². The lowest BCUT2D eigenvalue weighted by Gasteiger charge is -2.33. The number of esters is 1. The molecule has 1 heterocycles. The maximum absolute atomic E-state index is 12.3. The summed E-state index contributed by atoms with van der Waals surface area (Å²) in [6.45, 7) is 9.88. The maximum Gasteiger partial charge on any atom is 0.313 e. The van der Waals surface area contributed by atoms with E-state index in [1.54, 1.807) is 0 Å². The minimum atomic E-state index is -3.74. The zero-order valence-corrected chi connectivity index (χ0v) is 13.1. The molecule has 0 saturated carbocycles. The Morgan fingerprint density at radius 2 is 1.95 bits per heavy atom. The Bertz CT molecular complexity index is 426. The first-order chi connectivity index (χ1) is 8.59. The maximum atomic E-state index is 12.3. The SMILES string of the molecule is CC(C)CC(C)(C(=O)OC1CCOS1(=O)=O)C(C)C. The van der Waals surface area contributed by atoms with Gasteiger partial charge in [-0.3, -0.25) is 8.98 Å². The van der Waals surface area contributed by atoms with E-state index < -0.39 is 26.9 Å². The molecule has 112 valence electrons. The smallest absolute Gasteiger partial charge is 0.313 e. The van der Waals surface area contributed by atoms with Gasteiger partial charge in [-0.1, -0.05) is 27.7 Å². The summed E-state index contributed by atoms with van der Waals surface area (Å²) in [4.78, 5) is 12.3. The van der Waals surface area contributed by atoms with Gasteiger partial charge in [0.15, 0.2) is 0 Å². The molecule has 1 fully saturated rings. The summed E-state index contributed by atoms with van der Waals surface area (Å²) in [5.41, 5.74) is -1.82. The third-order valence-electron chi connectivity index (χ3n) is 3.73. The van der Waals surface area contributed by atoms with Crippen LogP contribution in [0.15, 0.2) is 0 Å². The van der Waals surface area contributed by atoms with Crippen molar-refractivity contribution in [2.24, 2.45) is 17.3 Å². The average molecular weight is 292 g/mol. The number of ether oxygens (including phenoxy) is 1. The van der Waals surface area contributed by atoms with Gasteiger partial charge in [-0.2, -0.15) is 8.42 Å². The molecule has 1 aliphatic heterocycles. The highest BCUT2D eigenvalue weighted by Gasteiger charge is 2.43. The molecule has 0 N–H and O–H groups in total. The van der Waals surface area contributed by atoms with Gasteiger partial charge in [0.05, 0.1) is 12.0 Å². The van der Waals surface area contributed by atoms with E-state index in [1.807, 2.05) is 34.6 Å². The van der Waals surface area contributed by atoms with Crippen LogP contribution in [-0.2, 0) is 23.8 Å². The summed E-state index contributed by atoms with van der Waals surface area (Å²) in [6, 6.07) is 0. The van der Waals surface area contributed by atoms with Crippen LogP contribution in [0.1, 0.15) is 47.5 Å². The van der Waals surface area contributed by atoms with E-state index in [2.05, 4.69) is 4.18 Å². The lowest BCUT2D eigenvalue weighted by atomic mass is 9.73. The summed E-state index contributed by atoms with van der Waals surface area (Å²) in [5, 5.41) is 0. The zero-order valence-electron chi connectivity index (χ0n) is 12.3. The lowest BCUT2D eigenvalue weighted by Crippen LogP contribution is -2.39. The van der Waals surface area contributed by atoms with Crippen LogP contribution in [0.4, 0.5) is 0 Å². The average Bonchev–Trinajstić information content (AvgIpc) is 2.56. The van der Waals surface area contributed by atoms with Crippen LogP contribution in [0, 0.1) is 17.3 Å². The third-order valence-corrected chi connectivity index (χ3v) is 5.21. The molecule has 0 bridgehead atoms. The van der Waals surface area contributed by atoms with Crippen molar-refractivity contribution in [1.29, 1.82) is 0 Å². The molecule has 0 radical (unpaired) electrons. The van der Waals surface area contributed by atoms with Gasteiger partial charge in [0.1, 0.15) is 0 Å². The molecular formula is C13H24O5S. The predicted molar refractivity (Wildman–Crippen MR) is 71.8 cm³/mol. The first kappa shape index (κ1) is 16.4. The Hall–Kier alpha value is -0.620. The van der Waals surface area contributed by atoms with Crippen molar-refractivity contribution in [2.45, 2.75) is 52.9 Å². The van der Waals surface area contributed by atoms with E-state index in [0.29, 0.717) is 12.3 Å². The van der Waals surface area contributed by atoms with Crippen molar-refractivity contribution in [1.82, 2.24) is 0 Å². The first-order valence-corrected chi connectivity index (χ1v) is 8.16. The van der Waals surface area contributed by atoms with E-state index >= 15 is 0 Å². The van der Waals surface area contributed by atoms with Gasteiger partial charge in [-0.05, 0) is 25.2 Å². The van der Waals surface area contributed by atoms with Gasteiger partial charge in [0, 0.05) is 6.42 Å². The normalized spacial score (nSPS) is 25.5. The van der Waals surface area contributed by atoms with Crippen molar-refractivity contribution in [3.05, 3.63) is 0 Å². The highest BCUT2D eigenvalue weighted by atomic mass is 32.2. The molecule has 0 aliphatic carbocycles. The van der Waals surface area contributed by atoms with Gasteiger partial charge >= 0.3 is 16.1 Å². The zero-order chi connectivity index (χ0) is 14.8. The Kier molecular flexibility index (Phi) is 5.01. The molecule has 0 aromatic rings. The predicted octanol–water partition coefficient (Wildman–Crippen LogP) is 2.31. The number of hydrogen-bond donors (Lipinski definition) is 0. The quantitative estimate of drug-likeness (QED) is 0.574. The van der Waals surface area contributed by atoms with E-state index in [0.717, 1.165) is 0 Å². The van der Waals surface area contributed by atoms with Crippen LogP contribution in [0.5, 0.6) is 0 Å². The van der Waals surface area contributed by atoms with Crippen LogP contribution in [0.3, 0.4) is 0 Å². The molecule has 0 aromatic heterocycles. The van der Waals surface area contributed by atoms with Crippen LogP contribution in [-0.4, -0.2) is 26.4 Å². The second-order valence-electron chi connectivity index (χ2n) is 6.11. The van der Waals surface area contributed by atoms with Crippen molar-refractivity contribution in [3.63, 3.8) is 0 Å². The largest absolute Gasteiger partial charge is 0.443 e. The Balaban J connectivity index is 2.84. The van der Waals surface area contributed by atoms with Crippen molar-refractivity contribution >= 4 is 16.1 Å². The van der Waals surface area contributed by atoms with E-state index in [1.165, 1.54) is 0 Å². The minimum absolute atomic E-state index is 0.0763. The van der Waals surface area contributed by atoms with Gasteiger partial charge in [0.2, 0.25) is 5.44 Å². The highest BCUT2D eigenvalue weighted by molar-refractivity contribution is 7.87. The van der Waals surface area contributed by atoms with Gasteiger partial charge < -0.3 is 4.74 Å². The molecule has 1 rings (SSSR count). The fraction of sp³-hybridized carbons (Fsp3) is 0.923. The highest BCUT2D eigenvalue weighted by Crippen LogP contribution is 2.37. The van der Waals surface area contributed by atoms with E-state index in [9.17, 15) is 13.2 Å². The van der Waals surface area contributed by atoms with Crippen molar-refractivity contribution in [3.8, 4) is 0 Å². The molecule has 1 saturated heterocycles. The van der Waals surface area contributed by atoms with E-state index in [4.69, 9.17) is 4.74 Å². The Morgan fingerprint density at radius 1 is 1.37 bits per heavy atom. The van der Waals surface area contributed by atoms with Gasteiger partial charge in [0.25, 0.3) is 0 Å². The summed E-state index contributed by atoms with van der Waals surface area (Å²) < 4.78 is 32.8. The molecular weight excluding hydrogens is 268 g/mol. The molecule has 0 amide bonds. The third kappa shape index (κ3) is 3.69. The molecule has 5 nitrogen and oxygen atoms in total. The van der Waals surface area contributed by atoms with Gasteiger partial charge in [-0.15, -0.1) is 0 Å². The summed E-state index contributed by atoms with van der Waals surface area (Å²) in [7, 11) is -3.74.